The van der Waals surface area contributed by atoms with Crippen molar-refractivity contribution in [3.05, 3.63) is 0 Å². The molecule has 1 atom stereocenters. The average Bonchev–Trinajstić information content (AvgIpc) is 2.68. The van der Waals surface area contributed by atoms with Crippen LogP contribution in [0.2, 0.25) is 0 Å². The SMILES string of the molecule is CC(C)CC1(C2CCOCC2)CCCN1. The van der Waals surface area contributed by atoms with E-state index in [0.29, 0.717) is 5.54 Å². The van der Waals surface area contributed by atoms with Crippen LogP contribution in [0.5, 0.6) is 0 Å². The van der Waals surface area contributed by atoms with Gasteiger partial charge in [-0.15, -0.1) is 0 Å². The highest BCUT2D eigenvalue weighted by molar-refractivity contribution is 4.99. The molecule has 0 aromatic heterocycles. The Labute approximate surface area is 93.8 Å². The zero-order valence-corrected chi connectivity index (χ0v) is 10.2. The van der Waals surface area contributed by atoms with E-state index in [2.05, 4.69) is 19.2 Å². The van der Waals surface area contributed by atoms with Crippen molar-refractivity contribution in [2.24, 2.45) is 11.8 Å². The van der Waals surface area contributed by atoms with Crippen LogP contribution in [0.3, 0.4) is 0 Å². The molecule has 88 valence electrons. The summed E-state index contributed by atoms with van der Waals surface area (Å²) in [5, 5.41) is 3.82. The van der Waals surface area contributed by atoms with Gasteiger partial charge in [0.15, 0.2) is 0 Å². The predicted octanol–water partition coefficient (Wildman–Crippen LogP) is 2.58. The van der Waals surface area contributed by atoms with Crippen molar-refractivity contribution >= 4 is 0 Å². The topological polar surface area (TPSA) is 21.3 Å². The molecule has 2 rings (SSSR count). The molecule has 2 aliphatic heterocycles. The van der Waals surface area contributed by atoms with Gasteiger partial charge in [-0.1, -0.05) is 13.8 Å². The van der Waals surface area contributed by atoms with Crippen LogP contribution in [0.25, 0.3) is 0 Å². The zero-order valence-electron chi connectivity index (χ0n) is 10.2. The van der Waals surface area contributed by atoms with Gasteiger partial charge in [0, 0.05) is 18.8 Å². The van der Waals surface area contributed by atoms with Gasteiger partial charge in [-0.05, 0) is 50.5 Å². The molecule has 15 heavy (non-hydrogen) atoms. The lowest BCUT2D eigenvalue weighted by Crippen LogP contribution is -2.49. The molecule has 2 nitrogen and oxygen atoms in total. The van der Waals surface area contributed by atoms with Crippen LogP contribution in [-0.4, -0.2) is 25.3 Å². The molecule has 2 aliphatic rings. The van der Waals surface area contributed by atoms with Crippen molar-refractivity contribution in [2.45, 2.75) is 51.5 Å². The molecule has 0 aromatic carbocycles. The normalized spacial score (nSPS) is 33.8. The van der Waals surface area contributed by atoms with E-state index in [1.54, 1.807) is 0 Å². The van der Waals surface area contributed by atoms with Crippen LogP contribution in [0.15, 0.2) is 0 Å². The molecule has 2 saturated heterocycles. The van der Waals surface area contributed by atoms with E-state index >= 15 is 0 Å². The van der Waals surface area contributed by atoms with Crippen LogP contribution in [-0.2, 0) is 4.74 Å². The highest BCUT2D eigenvalue weighted by Gasteiger charge is 2.41. The standard InChI is InChI=1S/C13H25NO/c1-11(2)10-13(6-3-7-14-13)12-4-8-15-9-5-12/h11-12,14H,3-10H2,1-2H3. The Bertz CT molecular complexity index is 191. The van der Waals surface area contributed by atoms with E-state index in [1.165, 1.54) is 38.6 Å². The maximum Gasteiger partial charge on any atom is 0.0469 e. The van der Waals surface area contributed by atoms with Gasteiger partial charge in [-0.2, -0.15) is 0 Å². The number of ether oxygens (including phenoxy) is 1. The van der Waals surface area contributed by atoms with Crippen LogP contribution >= 0.6 is 0 Å². The first-order chi connectivity index (χ1) is 7.23. The van der Waals surface area contributed by atoms with E-state index in [-0.39, 0.29) is 0 Å². The maximum absolute atomic E-state index is 5.48. The molecule has 0 aliphatic carbocycles. The van der Waals surface area contributed by atoms with Crippen molar-refractivity contribution in [3.63, 3.8) is 0 Å². The van der Waals surface area contributed by atoms with Crippen molar-refractivity contribution in [2.75, 3.05) is 19.8 Å². The summed E-state index contributed by atoms with van der Waals surface area (Å²) in [5.74, 6) is 1.66. The second kappa shape index (κ2) is 4.84. The summed E-state index contributed by atoms with van der Waals surface area (Å²) in [5.41, 5.74) is 0.456. The highest BCUT2D eigenvalue weighted by Crippen LogP contribution is 2.38. The van der Waals surface area contributed by atoms with Gasteiger partial charge < -0.3 is 10.1 Å². The van der Waals surface area contributed by atoms with Crippen molar-refractivity contribution in [3.8, 4) is 0 Å². The van der Waals surface area contributed by atoms with Crippen LogP contribution in [0.4, 0.5) is 0 Å². The van der Waals surface area contributed by atoms with Crippen LogP contribution in [0, 0.1) is 11.8 Å². The van der Waals surface area contributed by atoms with Gasteiger partial charge in [-0.25, -0.2) is 0 Å². The fourth-order valence-electron chi connectivity index (χ4n) is 3.50. The van der Waals surface area contributed by atoms with E-state index in [1.807, 2.05) is 0 Å². The molecule has 0 bridgehead atoms. The Hall–Kier alpha value is -0.0800. The Morgan fingerprint density at radius 3 is 2.60 bits per heavy atom. The third kappa shape index (κ3) is 2.54. The molecule has 2 heteroatoms. The Morgan fingerprint density at radius 1 is 1.33 bits per heavy atom. The lowest BCUT2D eigenvalue weighted by atomic mass is 9.73. The summed E-state index contributed by atoms with van der Waals surface area (Å²) in [7, 11) is 0. The molecule has 0 spiro atoms. The largest absolute Gasteiger partial charge is 0.381 e. The minimum absolute atomic E-state index is 0.456. The second-order valence-electron chi connectivity index (χ2n) is 5.67. The summed E-state index contributed by atoms with van der Waals surface area (Å²) in [6.45, 7) is 7.88. The Kier molecular flexibility index (Phi) is 3.68. The molecule has 0 aromatic rings. The van der Waals surface area contributed by atoms with Gasteiger partial charge in [0.05, 0.1) is 0 Å². The molecule has 0 radical (unpaired) electrons. The summed E-state index contributed by atoms with van der Waals surface area (Å²) < 4.78 is 5.48. The van der Waals surface area contributed by atoms with Crippen molar-refractivity contribution < 1.29 is 4.74 Å². The first-order valence-corrected chi connectivity index (χ1v) is 6.56. The lowest BCUT2D eigenvalue weighted by molar-refractivity contribution is 0.0269. The summed E-state index contributed by atoms with van der Waals surface area (Å²) in [6.07, 6.45) is 6.62. The number of hydrogen-bond donors (Lipinski definition) is 1. The minimum atomic E-state index is 0.456. The van der Waals surface area contributed by atoms with Gasteiger partial charge in [0.2, 0.25) is 0 Å². The quantitative estimate of drug-likeness (QED) is 0.774. The molecule has 1 unspecified atom stereocenters. The molecular weight excluding hydrogens is 186 g/mol. The lowest BCUT2D eigenvalue weighted by Gasteiger charge is -2.41. The summed E-state index contributed by atoms with van der Waals surface area (Å²) in [6, 6.07) is 0. The summed E-state index contributed by atoms with van der Waals surface area (Å²) >= 11 is 0. The van der Waals surface area contributed by atoms with Crippen LogP contribution in [0.1, 0.15) is 46.0 Å². The second-order valence-corrected chi connectivity index (χ2v) is 5.67. The molecule has 0 amide bonds. The van der Waals surface area contributed by atoms with E-state index in [9.17, 15) is 0 Å². The summed E-state index contributed by atoms with van der Waals surface area (Å²) in [4.78, 5) is 0. The number of hydrogen-bond acceptors (Lipinski definition) is 2. The third-order valence-electron chi connectivity index (χ3n) is 4.05. The molecular formula is C13H25NO. The Balaban J connectivity index is 2.03. The first kappa shape index (κ1) is 11.4. The van der Waals surface area contributed by atoms with E-state index < -0.39 is 0 Å². The van der Waals surface area contributed by atoms with Gasteiger partial charge in [-0.3, -0.25) is 0 Å². The van der Waals surface area contributed by atoms with E-state index in [4.69, 9.17) is 4.74 Å². The van der Waals surface area contributed by atoms with Gasteiger partial charge in [0.25, 0.3) is 0 Å². The zero-order chi connectivity index (χ0) is 10.7. The monoisotopic (exact) mass is 211 g/mol. The predicted molar refractivity (Wildman–Crippen MR) is 63.0 cm³/mol. The van der Waals surface area contributed by atoms with Crippen molar-refractivity contribution in [1.82, 2.24) is 5.32 Å². The van der Waals surface area contributed by atoms with E-state index in [0.717, 1.165) is 25.0 Å². The van der Waals surface area contributed by atoms with Gasteiger partial charge in [0.1, 0.15) is 0 Å². The van der Waals surface area contributed by atoms with Crippen LogP contribution < -0.4 is 5.32 Å². The third-order valence-corrected chi connectivity index (χ3v) is 4.05. The minimum Gasteiger partial charge on any atom is -0.381 e. The maximum atomic E-state index is 5.48. The molecule has 2 heterocycles. The Morgan fingerprint density at radius 2 is 2.07 bits per heavy atom. The molecule has 1 N–H and O–H groups in total. The molecule has 0 saturated carbocycles. The smallest absolute Gasteiger partial charge is 0.0469 e. The average molecular weight is 211 g/mol. The van der Waals surface area contributed by atoms with Gasteiger partial charge >= 0.3 is 0 Å². The highest BCUT2D eigenvalue weighted by atomic mass is 16.5. The fraction of sp³-hybridized carbons (Fsp3) is 1.00. The van der Waals surface area contributed by atoms with Crippen molar-refractivity contribution in [1.29, 1.82) is 0 Å². The number of rotatable bonds is 3. The fourth-order valence-corrected chi connectivity index (χ4v) is 3.50. The first-order valence-electron chi connectivity index (χ1n) is 6.56. The molecule has 2 fully saturated rings. The number of nitrogens with one attached hydrogen (secondary N) is 1.